The molecular formula is C21H21N3O5. The summed E-state index contributed by atoms with van der Waals surface area (Å²) in [6.45, 7) is 1.29. The Hall–Kier alpha value is -3.39. The van der Waals surface area contributed by atoms with Gasteiger partial charge in [0.2, 0.25) is 0 Å². The van der Waals surface area contributed by atoms with Crippen LogP contribution in [-0.4, -0.2) is 48.1 Å². The lowest BCUT2D eigenvalue weighted by molar-refractivity contribution is -0.138. The number of carbonyl (C=O) groups excluding carboxylic acids is 1. The Labute approximate surface area is 167 Å². The SMILES string of the molecule is O=C(Nc1ccc(OC2CCOC2)cc1)C1=NN(c2ccccc2)C(C(=O)O)C1. The Balaban J connectivity index is 1.43. The summed E-state index contributed by atoms with van der Waals surface area (Å²) in [5, 5.41) is 17.9. The predicted molar refractivity (Wildman–Crippen MR) is 107 cm³/mol. The first-order chi connectivity index (χ1) is 14.1. The molecule has 2 N–H and O–H groups in total. The molecule has 0 aromatic heterocycles. The van der Waals surface area contributed by atoms with Crippen molar-refractivity contribution in [2.24, 2.45) is 5.10 Å². The van der Waals surface area contributed by atoms with Gasteiger partial charge in [0.25, 0.3) is 5.91 Å². The monoisotopic (exact) mass is 395 g/mol. The third kappa shape index (κ3) is 4.38. The maximum atomic E-state index is 12.6. The lowest BCUT2D eigenvalue weighted by atomic mass is 10.1. The molecule has 2 heterocycles. The fraction of sp³-hybridized carbons (Fsp3) is 0.286. The zero-order chi connectivity index (χ0) is 20.2. The van der Waals surface area contributed by atoms with Crippen LogP contribution in [0, 0.1) is 0 Å². The van der Waals surface area contributed by atoms with E-state index in [0.29, 0.717) is 30.3 Å². The molecule has 1 saturated heterocycles. The zero-order valence-corrected chi connectivity index (χ0v) is 15.7. The lowest BCUT2D eigenvalue weighted by Gasteiger charge is -2.19. The second-order valence-electron chi connectivity index (χ2n) is 6.87. The number of carbonyl (C=O) groups is 2. The third-order valence-corrected chi connectivity index (χ3v) is 4.78. The highest BCUT2D eigenvalue weighted by Gasteiger charge is 2.36. The number of aliphatic carboxylic acids is 1. The highest BCUT2D eigenvalue weighted by molar-refractivity contribution is 6.44. The smallest absolute Gasteiger partial charge is 0.328 e. The summed E-state index contributed by atoms with van der Waals surface area (Å²) < 4.78 is 11.1. The van der Waals surface area contributed by atoms with E-state index in [4.69, 9.17) is 9.47 Å². The average Bonchev–Trinajstić information content (AvgIpc) is 3.40. The van der Waals surface area contributed by atoms with Crippen molar-refractivity contribution in [2.75, 3.05) is 23.5 Å². The molecule has 2 atom stereocenters. The Morgan fingerprint density at radius 1 is 1.14 bits per heavy atom. The Kier molecular flexibility index (Phi) is 5.44. The van der Waals surface area contributed by atoms with Gasteiger partial charge in [0.1, 0.15) is 17.6 Å². The molecule has 2 aromatic carbocycles. The van der Waals surface area contributed by atoms with Crippen molar-refractivity contribution in [3.8, 4) is 5.75 Å². The van der Waals surface area contributed by atoms with Gasteiger partial charge in [-0.1, -0.05) is 18.2 Å². The molecule has 2 aliphatic rings. The molecule has 2 aromatic rings. The van der Waals surface area contributed by atoms with Crippen LogP contribution in [0.15, 0.2) is 59.7 Å². The molecule has 2 aliphatic heterocycles. The summed E-state index contributed by atoms with van der Waals surface area (Å²) in [6.07, 6.45) is 0.945. The van der Waals surface area contributed by atoms with Crippen molar-refractivity contribution < 1.29 is 24.2 Å². The molecule has 150 valence electrons. The van der Waals surface area contributed by atoms with Crippen LogP contribution in [-0.2, 0) is 14.3 Å². The highest BCUT2D eigenvalue weighted by atomic mass is 16.5. The van der Waals surface area contributed by atoms with Crippen molar-refractivity contribution in [1.82, 2.24) is 0 Å². The molecule has 0 radical (unpaired) electrons. The number of nitrogens with zero attached hydrogens (tertiary/aromatic N) is 2. The maximum absolute atomic E-state index is 12.6. The van der Waals surface area contributed by atoms with Crippen molar-refractivity contribution >= 4 is 29.0 Å². The van der Waals surface area contributed by atoms with Gasteiger partial charge >= 0.3 is 5.97 Å². The number of ether oxygens (including phenoxy) is 2. The molecule has 1 fully saturated rings. The largest absolute Gasteiger partial charge is 0.488 e. The van der Waals surface area contributed by atoms with E-state index >= 15 is 0 Å². The summed E-state index contributed by atoms with van der Waals surface area (Å²) >= 11 is 0. The number of hydrogen-bond acceptors (Lipinski definition) is 6. The van der Waals surface area contributed by atoms with E-state index in [2.05, 4.69) is 10.4 Å². The summed E-state index contributed by atoms with van der Waals surface area (Å²) in [6, 6.07) is 15.1. The minimum absolute atomic E-state index is 0.0267. The average molecular weight is 395 g/mol. The van der Waals surface area contributed by atoms with Gasteiger partial charge in [-0.3, -0.25) is 9.80 Å². The van der Waals surface area contributed by atoms with Crippen LogP contribution in [0.2, 0.25) is 0 Å². The van der Waals surface area contributed by atoms with Crippen LogP contribution in [0.4, 0.5) is 11.4 Å². The highest BCUT2D eigenvalue weighted by Crippen LogP contribution is 2.25. The second kappa shape index (κ2) is 8.32. The fourth-order valence-electron chi connectivity index (χ4n) is 3.28. The summed E-state index contributed by atoms with van der Waals surface area (Å²) in [5.74, 6) is -0.747. The zero-order valence-electron chi connectivity index (χ0n) is 15.7. The molecular weight excluding hydrogens is 374 g/mol. The van der Waals surface area contributed by atoms with E-state index in [1.54, 1.807) is 48.5 Å². The van der Waals surface area contributed by atoms with Gasteiger partial charge in [-0.2, -0.15) is 5.10 Å². The first-order valence-electron chi connectivity index (χ1n) is 9.40. The summed E-state index contributed by atoms with van der Waals surface area (Å²) in [4.78, 5) is 24.2. The van der Waals surface area contributed by atoms with Crippen LogP contribution < -0.4 is 15.1 Å². The van der Waals surface area contributed by atoms with Crippen LogP contribution in [0.1, 0.15) is 12.8 Å². The number of anilines is 2. The van der Waals surface area contributed by atoms with Gasteiger partial charge in [-0.15, -0.1) is 0 Å². The molecule has 8 heteroatoms. The molecule has 8 nitrogen and oxygen atoms in total. The molecule has 2 unspecified atom stereocenters. The quantitative estimate of drug-likeness (QED) is 0.780. The van der Waals surface area contributed by atoms with E-state index in [9.17, 15) is 14.7 Å². The third-order valence-electron chi connectivity index (χ3n) is 4.78. The van der Waals surface area contributed by atoms with Gasteiger partial charge in [0.15, 0.2) is 6.04 Å². The number of carboxylic acids is 1. The predicted octanol–water partition coefficient (Wildman–Crippen LogP) is 2.51. The van der Waals surface area contributed by atoms with Crippen LogP contribution in [0.5, 0.6) is 5.75 Å². The number of rotatable bonds is 6. The Bertz CT molecular complexity index is 908. The minimum atomic E-state index is -1.03. The van der Waals surface area contributed by atoms with Gasteiger partial charge in [-0.25, -0.2) is 4.79 Å². The van der Waals surface area contributed by atoms with Gasteiger partial charge in [0, 0.05) is 18.5 Å². The Morgan fingerprint density at radius 2 is 1.90 bits per heavy atom. The van der Waals surface area contributed by atoms with Crippen LogP contribution >= 0.6 is 0 Å². The van der Waals surface area contributed by atoms with E-state index < -0.39 is 17.9 Å². The standard InChI is InChI=1S/C21H21N3O5/c25-20(22-14-6-8-16(9-7-14)29-17-10-11-28-13-17)18-12-19(21(26)27)24(23-18)15-4-2-1-3-5-15/h1-9,17,19H,10-13H2,(H,22,25)(H,26,27). The minimum Gasteiger partial charge on any atom is -0.488 e. The number of hydrogen-bond donors (Lipinski definition) is 2. The number of carboxylic acid groups (broad SMARTS) is 1. The van der Waals surface area contributed by atoms with Crippen molar-refractivity contribution in [3.63, 3.8) is 0 Å². The van der Waals surface area contributed by atoms with Gasteiger partial charge < -0.3 is 19.9 Å². The molecule has 4 rings (SSSR count). The molecule has 0 bridgehead atoms. The second-order valence-corrected chi connectivity index (χ2v) is 6.87. The molecule has 0 saturated carbocycles. The topological polar surface area (TPSA) is 100 Å². The van der Waals surface area contributed by atoms with Crippen molar-refractivity contribution in [3.05, 3.63) is 54.6 Å². The number of benzene rings is 2. The van der Waals surface area contributed by atoms with E-state index in [1.165, 1.54) is 5.01 Å². The number of amides is 1. The van der Waals surface area contributed by atoms with Crippen LogP contribution in [0.25, 0.3) is 0 Å². The van der Waals surface area contributed by atoms with E-state index in [-0.39, 0.29) is 18.2 Å². The van der Waals surface area contributed by atoms with E-state index in [0.717, 1.165) is 6.42 Å². The van der Waals surface area contributed by atoms with Crippen LogP contribution in [0.3, 0.4) is 0 Å². The van der Waals surface area contributed by atoms with Crippen molar-refractivity contribution in [1.29, 1.82) is 0 Å². The first kappa shape index (κ1) is 18.9. The van der Waals surface area contributed by atoms with Gasteiger partial charge in [-0.05, 0) is 36.4 Å². The normalized spacial score (nSPS) is 21.0. The molecule has 0 spiro atoms. The Morgan fingerprint density at radius 3 is 2.55 bits per heavy atom. The fourth-order valence-corrected chi connectivity index (χ4v) is 3.28. The number of nitrogens with one attached hydrogen (secondary N) is 1. The van der Waals surface area contributed by atoms with E-state index in [1.807, 2.05) is 6.07 Å². The number of para-hydroxylation sites is 1. The van der Waals surface area contributed by atoms with Gasteiger partial charge in [0.05, 0.1) is 18.9 Å². The summed E-state index contributed by atoms with van der Waals surface area (Å²) in [7, 11) is 0. The molecule has 0 aliphatic carbocycles. The lowest BCUT2D eigenvalue weighted by Crippen LogP contribution is -2.34. The first-order valence-corrected chi connectivity index (χ1v) is 9.40. The molecule has 1 amide bonds. The molecule has 29 heavy (non-hydrogen) atoms. The van der Waals surface area contributed by atoms with Crippen molar-refractivity contribution in [2.45, 2.75) is 25.0 Å². The maximum Gasteiger partial charge on any atom is 0.328 e. The number of hydrazone groups is 1. The summed E-state index contributed by atoms with van der Waals surface area (Å²) in [5.41, 5.74) is 1.38.